The maximum absolute atomic E-state index is 12.3. The molecule has 0 saturated carbocycles. The van der Waals surface area contributed by atoms with Gasteiger partial charge in [-0.15, -0.1) is 5.10 Å². The fourth-order valence-electron chi connectivity index (χ4n) is 3.14. The molecule has 3 rings (SSSR count). The van der Waals surface area contributed by atoms with Crippen molar-refractivity contribution in [1.82, 2.24) is 20.3 Å². The SMILES string of the molecule is O=C(Cn1cc(C(=O)O)nn1)NCC1(c2ccccc2Cl)CCOCC1. The second-order valence-electron chi connectivity index (χ2n) is 6.26. The van der Waals surface area contributed by atoms with Crippen LogP contribution in [-0.2, 0) is 21.5 Å². The van der Waals surface area contributed by atoms with E-state index in [4.69, 9.17) is 21.4 Å². The van der Waals surface area contributed by atoms with Gasteiger partial charge in [-0.3, -0.25) is 4.79 Å². The topological polar surface area (TPSA) is 106 Å². The van der Waals surface area contributed by atoms with Crippen molar-refractivity contribution >= 4 is 23.5 Å². The van der Waals surface area contributed by atoms with Crippen LogP contribution in [0.3, 0.4) is 0 Å². The highest BCUT2D eigenvalue weighted by Crippen LogP contribution is 2.38. The van der Waals surface area contributed by atoms with Gasteiger partial charge in [0.2, 0.25) is 5.91 Å². The fourth-order valence-corrected chi connectivity index (χ4v) is 3.48. The van der Waals surface area contributed by atoms with Crippen molar-refractivity contribution in [3.05, 3.63) is 46.7 Å². The third kappa shape index (κ3) is 4.03. The molecule has 1 aliphatic rings. The van der Waals surface area contributed by atoms with Crippen LogP contribution >= 0.6 is 11.6 Å². The van der Waals surface area contributed by atoms with Gasteiger partial charge in [-0.05, 0) is 24.5 Å². The van der Waals surface area contributed by atoms with E-state index in [1.807, 2.05) is 24.3 Å². The summed E-state index contributed by atoms with van der Waals surface area (Å²) in [4.78, 5) is 23.1. The molecule has 2 heterocycles. The lowest BCUT2D eigenvalue weighted by molar-refractivity contribution is -0.122. The van der Waals surface area contributed by atoms with Crippen molar-refractivity contribution in [2.45, 2.75) is 24.8 Å². The molecule has 0 radical (unpaired) electrons. The maximum atomic E-state index is 12.3. The molecule has 1 aliphatic heterocycles. The lowest BCUT2D eigenvalue weighted by Gasteiger charge is -2.38. The van der Waals surface area contributed by atoms with Gasteiger partial charge in [0.05, 0.1) is 6.20 Å². The first-order valence-corrected chi connectivity index (χ1v) is 8.61. The summed E-state index contributed by atoms with van der Waals surface area (Å²) in [5.74, 6) is -1.46. The predicted octanol–water partition coefficient (Wildman–Crippen LogP) is 1.49. The molecule has 0 spiro atoms. The number of nitrogens with zero attached hydrogens (tertiary/aromatic N) is 3. The lowest BCUT2D eigenvalue weighted by Crippen LogP contribution is -2.45. The van der Waals surface area contributed by atoms with Crippen LogP contribution in [0.1, 0.15) is 28.9 Å². The number of aromatic carboxylic acids is 1. The number of hydrogen-bond donors (Lipinski definition) is 2. The smallest absolute Gasteiger partial charge is 0.358 e. The van der Waals surface area contributed by atoms with E-state index in [1.54, 1.807) is 0 Å². The highest BCUT2D eigenvalue weighted by molar-refractivity contribution is 6.31. The Morgan fingerprint density at radius 3 is 2.69 bits per heavy atom. The molecule has 8 nitrogen and oxygen atoms in total. The summed E-state index contributed by atoms with van der Waals surface area (Å²) in [5.41, 5.74) is 0.509. The number of amides is 1. The van der Waals surface area contributed by atoms with Crippen molar-refractivity contribution in [2.24, 2.45) is 0 Å². The van der Waals surface area contributed by atoms with E-state index in [2.05, 4.69) is 15.6 Å². The summed E-state index contributed by atoms with van der Waals surface area (Å²) in [6.45, 7) is 1.52. The molecular formula is C17H19ClN4O4. The minimum Gasteiger partial charge on any atom is -0.476 e. The van der Waals surface area contributed by atoms with E-state index in [1.165, 1.54) is 10.9 Å². The van der Waals surface area contributed by atoms with Gasteiger partial charge < -0.3 is 15.2 Å². The van der Waals surface area contributed by atoms with Crippen LogP contribution in [0.5, 0.6) is 0 Å². The van der Waals surface area contributed by atoms with Crippen molar-refractivity contribution < 1.29 is 19.4 Å². The summed E-state index contributed by atoms with van der Waals surface area (Å²) in [6, 6.07) is 7.64. The molecule has 9 heteroatoms. The molecule has 0 bridgehead atoms. The number of halogens is 1. The number of carboxylic acid groups (broad SMARTS) is 1. The van der Waals surface area contributed by atoms with Crippen LogP contribution in [-0.4, -0.2) is 51.7 Å². The number of carbonyl (C=O) groups is 2. The number of aromatic nitrogens is 3. The molecule has 1 aromatic carbocycles. The molecule has 1 saturated heterocycles. The lowest BCUT2D eigenvalue weighted by atomic mass is 9.74. The fraction of sp³-hybridized carbons (Fsp3) is 0.412. The molecule has 138 valence electrons. The Morgan fingerprint density at radius 1 is 1.31 bits per heavy atom. The number of benzene rings is 1. The van der Waals surface area contributed by atoms with Crippen molar-refractivity contribution in [2.75, 3.05) is 19.8 Å². The number of rotatable bonds is 6. The van der Waals surface area contributed by atoms with Crippen molar-refractivity contribution in [3.63, 3.8) is 0 Å². The van der Waals surface area contributed by atoms with Gasteiger partial charge in [-0.25, -0.2) is 9.48 Å². The number of carboxylic acids is 1. The Hall–Kier alpha value is -2.45. The number of hydrogen-bond acceptors (Lipinski definition) is 5. The molecule has 26 heavy (non-hydrogen) atoms. The van der Waals surface area contributed by atoms with Gasteiger partial charge >= 0.3 is 5.97 Å². The number of carbonyl (C=O) groups excluding carboxylic acids is 1. The number of ether oxygens (including phenoxy) is 1. The first-order chi connectivity index (χ1) is 12.5. The summed E-state index contributed by atoms with van der Waals surface area (Å²) >= 11 is 6.39. The van der Waals surface area contributed by atoms with Crippen LogP contribution < -0.4 is 5.32 Å². The minimum absolute atomic E-state index is 0.102. The third-order valence-corrected chi connectivity index (χ3v) is 4.91. The molecular weight excluding hydrogens is 360 g/mol. The standard InChI is InChI=1S/C17H19ClN4O4/c18-13-4-2-1-3-12(13)17(5-7-26-8-6-17)11-19-15(23)10-22-9-14(16(24)25)20-21-22/h1-4,9H,5-8,10-11H2,(H,19,23)(H,24,25). The Kier molecular flexibility index (Phi) is 5.53. The van der Waals surface area contributed by atoms with Crippen LogP contribution in [0.4, 0.5) is 0 Å². The highest BCUT2D eigenvalue weighted by atomic mass is 35.5. The van der Waals surface area contributed by atoms with Gasteiger partial charge in [0.1, 0.15) is 6.54 Å². The van der Waals surface area contributed by atoms with Gasteiger partial charge in [-0.2, -0.15) is 0 Å². The molecule has 1 amide bonds. The summed E-state index contributed by atoms with van der Waals surface area (Å²) in [5, 5.41) is 19.6. The number of nitrogens with one attached hydrogen (secondary N) is 1. The van der Waals surface area contributed by atoms with E-state index in [9.17, 15) is 9.59 Å². The monoisotopic (exact) mass is 378 g/mol. The van der Waals surface area contributed by atoms with E-state index in [0.29, 0.717) is 24.8 Å². The zero-order valence-corrected chi connectivity index (χ0v) is 14.8. The molecule has 2 N–H and O–H groups in total. The van der Waals surface area contributed by atoms with Gasteiger partial charge in [0.25, 0.3) is 0 Å². The van der Waals surface area contributed by atoms with Crippen LogP contribution in [0.25, 0.3) is 0 Å². The van der Waals surface area contributed by atoms with Gasteiger partial charge in [0.15, 0.2) is 5.69 Å². The van der Waals surface area contributed by atoms with Gasteiger partial charge in [-0.1, -0.05) is 35.0 Å². The third-order valence-electron chi connectivity index (χ3n) is 4.58. The molecule has 0 unspecified atom stereocenters. The highest BCUT2D eigenvalue weighted by Gasteiger charge is 2.36. The quantitative estimate of drug-likeness (QED) is 0.788. The average Bonchev–Trinajstić information content (AvgIpc) is 3.10. The first-order valence-electron chi connectivity index (χ1n) is 8.23. The summed E-state index contributed by atoms with van der Waals surface area (Å²) in [7, 11) is 0. The normalized spacial score (nSPS) is 16.2. The zero-order valence-electron chi connectivity index (χ0n) is 14.0. The van der Waals surface area contributed by atoms with Crippen LogP contribution in [0.2, 0.25) is 5.02 Å². The second kappa shape index (κ2) is 7.84. The van der Waals surface area contributed by atoms with Crippen molar-refractivity contribution in [3.8, 4) is 0 Å². The maximum Gasteiger partial charge on any atom is 0.358 e. The largest absolute Gasteiger partial charge is 0.476 e. The molecule has 1 fully saturated rings. The minimum atomic E-state index is -1.18. The molecule has 2 aromatic rings. The molecule has 0 atom stereocenters. The van der Waals surface area contributed by atoms with E-state index < -0.39 is 5.97 Å². The predicted molar refractivity (Wildman–Crippen MR) is 93.2 cm³/mol. The Morgan fingerprint density at radius 2 is 2.04 bits per heavy atom. The zero-order chi connectivity index (χ0) is 18.6. The first kappa shape index (κ1) is 18.3. The van der Waals surface area contributed by atoms with Gasteiger partial charge in [0, 0.05) is 30.2 Å². The Balaban J connectivity index is 1.69. The molecule has 1 aromatic heterocycles. The van der Waals surface area contributed by atoms with Crippen LogP contribution in [0.15, 0.2) is 30.5 Å². The van der Waals surface area contributed by atoms with E-state index >= 15 is 0 Å². The second-order valence-corrected chi connectivity index (χ2v) is 6.66. The van der Waals surface area contributed by atoms with Crippen molar-refractivity contribution in [1.29, 1.82) is 0 Å². The Labute approximate surface area is 155 Å². The molecule has 0 aliphatic carbocycles. The van der Waals surface area contributed by atoms with E-state index in [-0.39, 0.29) is 23.6 Å². The summed E-state index contributed by atoms with van der Waals surface area (Å²) in [6.07, 6.45) is 2.73. The Bertz CT molecular complexity index is 802. The van der Waals surface area contributed by atoms with Crippen LogP contribution in [0, 0.1) is 0 Å². The summed E-state index contributed by atoms with van der Waals surface area (Å²) < 4.78 is 6.68. The van der Waals surface area contributed by atoms with E-state index in [0.717, 1.165) is 18.4 Å². The average molecular weight is 379 g/mol.